The number of carbonyl (C=O) groups excluding carboxylic acids is 1. The summed E-state index contributed by atoms with van der Waals surface area (Å²) in [5, 5.41) is 3.10. The van der Waals surface area contributed by atoms with Crippen molar-refractivity contribution in [3.63, 3.8) is 0 Å². The maximum absolute atomic E-state index is 12.7. The molecule has 1 heterocycles. The van der Waals surface area contributed by atoms with Gasteiger partial charge in [0.2, 0.25) is 15.9 Å². The van der Waals surface area contributed by atoms with Gasteiger partial charge >= 0.3 is 0 Å². The van der Waals surface area contributed by atoms with E-state index >= 15 is 0 Å². The predicted molar refractivity (Wildman–Crippen MR) is 116 cm³/mol. The van der Waals surface area contributed by atoms with Gasteiger partial charge in [-0.2, -0.15) is 0 Å². The normalized spacial score (nSPS) is 17.1. The Balaban J connectivity index is 1.54. The van der Waals surface area contributed by atoms with Crippen molar-refractivity contribution >= 4 is 15.9 Å². The molecule has 6 heteroatoms. The molecule has 0 aromatic heterocycles. The van der Waals surface area contributed by atoms with E-state index in [-0.39, 0.29) is 23.6 Å². The highest BCUT2D eigenvalue weighted by molar-refractivity contribution is 7.88. The Bertz CT molecular complexity index is 949. The van der Waals surface area contributed by atoms with E-state index in [1.54, 1.807) is 0 Å². The van der Waals surface area contributed by atoms with Crippen LogP contribution in [-0.2, 0) is 20.6 Å². The number of benzene rings is 2. The summed E-state index contributed by atoms with van der Waals surface area (Å²) >= 11 is 0. The molecule has 1 amide bonds. The molecule has 0 spiro atoms. The Morgan fingerprint density at radius 2 is 1.72 bits per heavy atom. The number of hydrogen-bond donors (Lipinski definition) is 1. The molecule has 2 aromatic carbocycles. The number of piperidine rings is 1. The summed E-state index contributed by atoms with van der Waals surface area (Å²) < 4.78 is 26.9. The van der Waals surface area contributed by atoms with Gasteiger partial charge in [0.25, 0.3) is 0 Å². The molecule has 1 fully saturated rings. The summed E-state index contributed by atoms with van der Waals surface area (Å²) in [5.41, 5.74) is 4.32. The largest absolute Gasteiger partial charge is 0.349 e. The lowest BCUT2D eigenvalue weighted by Crippen LogP contribution is -2.43. The first kappa shape index (κ1) is 21.5. The lowest BCUT2D eigenvalue weighted by molar-refractivity contribution is -0.126. The Labute approximate surface area is 174 Å². The third-order valence-corrected chi connectivity index (χ3v) is 7.65. The molecule has 0 radical (unpaired) electrons. The molecule has 5 nitrogen and oxygen atoms in total. The monoisotopic (exact) mass is 414 g/mol. The van der Waals surface area contributed by atoms with Crippen LogP contribution in [0.1, 0.15) is 48.1 Å². The van der Waals surface area contributed by atoms with Crippen molar-refractivity contribution < 1.29 is 13.2 Å². The van der Waals surface area contributed by atoms with Crippen LogP contribution in [0.25, 0.3) is 0 Å². The van der Waals surface area contributed by atoms with E-state index in [9.17, 15) is 13.2 Å². The lowest BCUT2D eigenvalue weighted by Gasteiger charge is -2.31. The maximum Gasteiger partial charge on any atom is 0.223 e. The van der Waals surface area contributed by atoms with Crippen LogP contribution in [0.3, 0.4) is 0 Å². The van der Waals surface area contributed by atoms with Gasteiger partial charge in [-0.25, -0.2) is 12.7 Å². The third kappa shape index (κ3) is 5.46. The zero-order valence-electron chi connectivity index (χ0n) is 17.4. The Kier molecular flexibility index (Phi) is 6.75. The molecule has 1 saturated heterocycles. The minimum Gasteiger partial charge on any atom is -0.349 e. The fourth-order valence-electron chi connectivity index (χ4n) is 3.72. The molecule has 29 heavy (non-hydrogen) atoms. The van der Waals surface area contributed by atoms with Crippen molar-refractivity contribution in [3.05, 3.63) is 70.8 Å². The van der Waals surface area contributed by atoms with Crippen LogP contribution >= 0.6 is 0 Å². The van der Waals surface area contributed by atoms with Crippen molar-refractivity contribution in [1.29, 1.82) is 0 Å². The van der Waals surface area contributed by atoms with Crippen molar-refractivity contribution in [1.82, 2.24) is 9.62 Å². The molecule has 0 bridgehead atoms. The van der Waals surface area contributed by atoms with Crippen LogP contribution in [0.2, 0.25) is 0 Å². The zero-order chi connectivity index (χ0) is 21.0. The number of nitrogens with zero attached hydrogens (tertiary/aromatic N) is 1. The van der Waals surface area contributed by atoms with Crippen LogP contribution in [0, 0.1) is 19.8 Å². The van der Waals surface area contributed by atoms with Gasteiger partial charge in [-0.05, 0) is 55.9 Å². The highest BCUT2D eigenvalue weighted by atomic mass is 32.2. The van der Waals surface area contributed by atoms with E-state index < -0.39 is 10.0 Å². The molecule has 1 N–H and O–H groups in total. The first-order valence-electron chi connectivity index (χ1n) is 10.2. The molecular weight excluding hydrogens is 384 g/mol. The number of carbonyl (C=O) groups is 1. The van der Waals surface area contributed by atoms with Gasteiger partial charge in [0.1, 0.15) is 0 Å². The lowest BCUT2D eigenvalue weighted by atomic mass is 9.96. The Morgan fingerprint density at radius 3 is 2.34 bits per heavy atom. The van der Waals surface area contributed by atoms with Crippen molar-refractivity contribution in [2.45, 2.75) is 45.4 Å². The minimum absolute atomic E-state index is 0.00844. The van der Waals surface area contributed by atoms with Crippen LogP contribution in [0.15, 0.2) is 48.5 Å². The number of sulfonamides is 1. The van der Waals surface area contributed by atoms with Crippen LogP contribution in [0.5, 0.6) is 0 Å². The molecule has 156 valence electrons. The van der Waals surface area contributed by atoms with Gasteiger partial charge in [-0.3, -0.25) is 4.79 Å². The van der Waals surface area contributed by atoms with Gasteiger partial charge in [-0.1, -0.05) is 48.5 Å². The molecule has 0 unspecified atom stereocenters. The predicted octanol–water partition coefficient (Wildman–Crippen LogP) is 3.72. The summed E-state index contributed by atoms with van der Waals surface area (Å²) in [6.45, 7) is 6.92. The number of amides is 1. The highest BCUT2D eigenvalue weighted by Gasteiger charge is 2.31. The van der Waals surface area contributed by atoms with Gasteiger partial charge < -0.3 is 5.32 Å². The van der Waals surface area contributed by atoms with E-state index in [4.69, 9.17) is 0 Å². The quantitative estimate of drug-likeness (QED) is 0.783. The van der Waals surface area contributed by atoms with Crippen LogP contribution < -0.4 is 5.32 Å². The van der Waals surface area contributed by atoms with E-state index in [1.165, 1.54) is 15.4 Å². The Morgan fingerprint density at radius 1 is 1.07 bits per heavy atom. The Hall–Kier alpha value is -2.18. The van der Waals surface area contributed by atoms with E-state index in [0.29, 0.717) is 25.9 Å². The van der Waals surface area contributed by atoms with Gasteiger partial charge in [0, 0.05) is 19.0 Å². The summed E-state index contributed by atoms with van der Waals surface area (Å²) in [6, 6.07) is 15.4. The summed E-state index contributed by atoms with van der Waals surface area (Å²) in [5.74, 6) is -0.128. The third-order valence-electron chi connectivity index (χ3n) is 5.80. The summed E-state index contributed by atoms with van der Waals surface area (Å²) in [7, 11) is -3.36. The molecule has 1 atom stereocenters. The second kappa shape index (κ2) is 9.09. The standard InChI is InChI=1S/C23H30N2O3S/c1-17-9-10-22(15-18(17)2)19(3)24-23(26)21-11-13-25(14-12-21)29(27,28)16-20-7-5-4-6-8-20/h4-10,15,19,21H,11-14,16H2,1-3H3,(H,24,26)/t19-/m1/s1. The highest BCUT2D eigenvalue weighted by Crippen LogP contribution is 2.23. The second-order valence-corrected chi connectivity index (χ2v) is 9.96. The van der Waals surface area contributed by atoms with E-state index in [2.05, 4.69) is 31.3 Å². The fourth-order valence-corrected chi connectivity index (χ4v) is 5.28. The van der Waals surface area contributed by atoms with E-state index in [0.717, 1.165) is 11.1 Å². The first-order chi connectivity index (χ1) is 13.8. The number of nitrogens with one attached hydrogen (secondary N) is 1. The number of aryl methyl sites for hydroxylation is 2. The maximum atomic E-state index is 12.7. The smallest absolute Gasteiger partial charge is 0.223 e. The second-order valence-electron chi connectivity index (χ2n) is 7.99. The molecule has 0 aliphatic carbocycles. The average Bonchev–Trinajstić information content (AvgIpc) is 2.70. The molecule has 1 aliphatic heterocycles. The molecule has 3 rings (SSSR count). The molecule has 1 aliphatic rings. The van der Waals surface area contributed by atoms with Gasteiger partial charge in [-0.15, -0.1) is 0 Å². The average molecular weight is 415 g/mol. The van der Waals surface area contributed by atoms with Crippen molar-refractivity contribution in [3.8, 4) is 0 Å². The topological polar surface area (TPSA) is 66.5 Å². The van der Waals surface area contributed by atoms with Crippen molar-refractivity contribution in [2.75, 3.05) is 13.1 Å². The van der Waals surface area contributed by atoms with Gasteiger partial charge in [0.05, 0.1) is 11.8 Å². The number of hydrogen-bond acceptors (Lipinski definition) is 3. The first-order valence-corrected chi connectivity index (χ1v) is 11.8. The minimum atomic E-state index is -3.36. The van der Waals surface area contributed by atoms with E-state index in [1.807, 2.05) is 43.3 Å². The van der Waals surface area contributed by atoms with Crippen LogP contribution in [-0.4, -0.2) is 31.7 Å². The number of rotatable bonds is 6. The SMILES string of the molecule is Cc1ccc([C@@H](C)NC(=O)C2CCN(S(=O)(=O)Cc3ccccc3)CC2)cc1C. The van der Waals surface area contributed by atoms with Crippen molar-refractivity contribution in [2.24, 2.45) is 5.92 Å². The molecule has 2 aromatic rings. The molecule has 0 saturated carbocycles. The zero-order valence-corrected chi connectivity index (χ0v) is 18.2. The summed E-state index contributed by atoms with van der Waals surface area (Å²) in [6.07, 6.45) is 1.11. The van der Waals surface area contributed by atoms with Crippen LogP contribution in [0.4, 0.5) is 0 Å². The summed E-state index contributed by atoms with van der Waals surface area (Å²) in [4.78, 5) is 12.7. The van der Waals surface area contributed by atoms with Gasteiger partial charge in [0.15, 0.2) is 0 Å². The fraction of sp³-hybridized carbons (Fsp3) is 0.435. The molecular formula is C23H30N2O3S.